The number of carbonyl (C=O) groups excluding carboxylic acids is 1. The molecule has 1 rings (SSSR count). The highest BCUT2D eigenvalue weighted by atomic mass is 19.4. The van der Waals surface area contributed by atoms with Gasteiger partial charge in [-0.2, -0.15) is 13.2 Å². The van der Waals surface area contributed by atoms with Crippen molar-refractivity contribution >= 4 is 11.8 Å². The van der Waals surface area contributed by atoms with E-state index in [-0.39, 0.29) is 18.0 Å². The molecule has 100 valence electrons. The second kappa shape index (κ2) is 5.61. The molecule has 0 aliphatic carbocycles. The molecule has 4 nitrogen and oxygen atoms in total. The van der Waals surface area contributed by atoms with E-state index in [2.05, 4.69) is 4.74 Å². The Morgan fingerprint density at radius 2 is 2.06 bits per heavy atom. The zero-order valence-corrected chi connectivity index (χ0v) is 9.80. The highest BCUT2D eigenvalue weighted by Gasteiger charge is 2.34. The Kier molecular flexibility index (Phi) is 4.41. The van der Waals surface area contributed by atoms with Crippen molar-refractivity contribution in [3.63, 3.8) is 0 Å². The fourth-order valence-electron chi connectivity index (χ4n) is 1.27. The summed E-state index contributed by atoms with van der Waals surface area (Å²) in [5.41, 5.74) is -1.36. The van der Waals surface area contributed by atoms with Crippen LogP contribution in [-0.4, -0.2) is 19.8 Å². The van der Waals surface area contributed by atoms with Crippen molar-refractivity contribution in [2.75, 3.05) is 19.0 Å². The van der Waals surface area contributed by atoms with E-state index >= 15 is 0 Å². The lowest BCUT2D eigenvalue weighted by molar-refractivity contribution is -0.137. The van der Waals surface area contributed by atoms with Crippen LogP contribution in [0.4, 0.5) is 23.7 Å². The first-order valence-corrected chi connectivity index (χ1v) is 5.07. The minimum atomic E-state index is -4.59. The molecule has 0 saturated heterocycles. The lowest BCUT2D eigenvalue weighted by atomic mass is 10.1. The van der Waals surface area contributed by atoms with Gasteiger partial charge in [-0.25, -0.2) is 4.79 Å². The van der Waals surface area contributed by atoms with Gasteiger partial charge in [0.2, 0.25) is 0 Å². The molecule has 0 unspecified atom stereocenters. The highest BCUT2D eigenvalue weighted by molar-refractivity contribution is 5.86. The number of methoxy groups -OCH3 is 1. The maximum atomic E-state index is 12.8. The normalized spacial score (nSPS) is 10.9. The van der Waals surface area contributed by atoms with Gasteiger partial charge in [0.15, 0.2) is 0 Å². The quantitative estimate of drug-likeness (QED) is 0.910. The Morgan fingerprint density at radius 1 is 1.39 bits per heavy atom. The Bertz CT molecular complexity index is 432. The fraction of sp³-hybridized carbons (Fsp3) is 0.364. The number of hydrogen-bond donors (Lipinski definition) is 1. The van der Waals surface area contributed by atoms with Crippen LogP contribution in [0.5, 0.6) is 5.75 Å². The summed E-state index contributed by atoms with van der Waals surface area (Å²) < 4.78 is 47.5. The monoisotopic (exact) mass is 263 g/mol. The Morgan fingerprint density at radius 3 is 2.56 bits per heavy atom. The van der Waals surface area contributed by atoms with E-state index in [0.29, 0.717) is 0 Å². The summed E-state index contributed by atoms with van der Waals surface area (Å²) in [6.07, 6.45) is -5.53. The molecule has 0 aliphatic heterocycles. The van der Waals surface area contributed by atoms with Crippen molar-refractivity contribution in [1.29, 1.82) is 0 Å². The standard InChI is InChI=1S/C11H12F3NO3/c1-3-18-10(16)15-9-5-4-7(17-2)6-8(9)11(12,13)14/h4-6H,3H2,1-2H3,(H,15,16). The molecule has 1 aromatic carbocycles. The molecule has 1 aromatic rings. The maximum Gasteiger partial charge on any atom is 0.418 e. The molecule has 1 amide bonds. The fourth-order valence-corrected chi connectivity index (χ4v) is 1.27. The van der Waals surface area contributed by atoms with E-state index in [1.165, 1.54) is 13.2 Å². The number of halogens is 3. The van der Waals surface area contributed by atoms with E-state index in [9.17, 15) is 18.0 Å². The van der Waals surface area contributed by atoms with Gasteiger partial charge in [-0.05, 0) is 25.1 Å². The number of alkyl halides is 3. The molecule has 0 bridgehead atoms. The molecule has 0 heterocycles. The zero-order valence-electron chi connectivity index (χ0n) is 9.80. The van der Waals surface area contributed by atoms with Gasteiger partial charge in [-0.1, -0.05) is 0 Å². The van der Waals surface area contributed by atoms with Crippen molar-refractivity contribution in [1.82, 2.24) is 0 Å². The van der Waals surface area contributed by atoms with Crippen LogP contribution in [-0.2, 0) is 10.9 Å². The predicted octanol–water partition coefficient (Wildman–Crippen LogP) is 3.28. The van der Waals surface area contributed by atoms with Crippen LogP contribution in [0.3, 0.4) is 0 Å². The third-order valence-corrected chi connectivity index (χ3v) is 2.04. The van der Waals surface area contributed by atoms with Crippen molar-refractivity contribution in [2.45, 2.75) is 13.1 Å². The molecule has 0 atom stereocenters. The Balaban J connectivity index is 3.07. The second-order valence-electron chi connectivity index (χ2n) is 3.25. The lowest BCUT2D eigenvalue weighted by Crippen LogP contribution is -2.17. The SMILES string of the molecule is CCOC(=O)Nc1ccc(OC)cc1C(F)(F)F. The van der Waals surface area contributed by atoms with Crippen LogP contribution >= 0.6 is 0 Å². The number of benzene rings is 1. The second-order valence-corrected chi connectivity index (χ2v) is 3.25. The van der Waals surface area contributed by atoms with E-state index in [1.807, 2.05) is 5.32 Å². The molecular formula is C11H12F3NO3. The molecular weight excluding hydrogens is 251 g/mol. The smallest absolute Gasteiger partial charge is 0.418 e. The van der Waals surface area contributed by atoms with E-state index in [1.54, 1.807) is 6.92 Å². The molecule has 0 aromatic heterocycles. The van der Waals surface area contributed by atoms with E-state index < -0.39 is 17.8 Å². The van der Waals surface area contributed by atoms with Gasteiger partial charge in [0, 0.05) is 0 Å². The summed E-state index contributed by atoms with van der Waals surface area (Å²) in [4.78, 5) is 11.1. The molecule has 18 heavy (non-hydrogen) atoms. The summed E-state index contributed by atoms with van der Waals surface area (Å²) in [5, 5.41) is 2.03. The molecule has 0 fully saturated rings. The highest BCUT2D eigenvalue weighted by Crippen LogP contribution is 2.37. The summed E-state index contributed by atoms with van der Waals surface area (Å²) >= 11 is 0. The van der Waals surface area contributed by atoms with Gasteiger partial charge < -0.3 is 9.47 Å². The first-order chi connectivity index (χ1) is 8.38. The molecule has 0 radical (unpaired) electrons. The van der Waals surface area contributed by atoms with Crippen molar-refractivity contribution in [2.24, 2.45) is 0 Å². The summed E-state index contributed by atoms with van der Waals surface area (Å²) in [7, 11) is 1.26. The first-order valence-electron chi connectivity index (χ1n) is 5.07. The van der Waals surface area contributed by atoms with Crippen LogP contribution in [0.15, 0.2) is 18.2 Å². The third-order valence-electron chi connectivity index (χ3n) is 2.04. The van der Waals surface area contributed by atoms with Crippen molar-refractivity contribution in [3.05, 3.63) is 23.8 Å². The largest absolute Gasteiger partial charge is 0.497 e. The van der Waals surface area contributed by atoms with Crippen molar-refractivity contribution < 1.29 is 27.4 Å². The molecule has 1 N–H and O–H groups in total. The Hall–Kier alpha value is -1.92. The summed E-state index contributed by atoms with van der Waals surface area (Å²) in [6, 6.07) is 3.23. The maximum absolute atomic E-state index is 12.8. The van der Waals surface area contributed by atoms with Gasteiger partial charge in [0.25, 0.3) is 0 Å². The minimum Gasteiger partial charge on any atom is -0.497 e. The van der Waals surface area contributed by atoms with E-state index in [0.717, 1.165) is 12.1 Å². The molecule has 0 saturated carbocycles. The van der Waals surface area contributed by atoms with Crippen LogP contribution in [0, 0.1) is 0 Å². The van der Waals surface area contributed by atoms with Crippen LogP contribution in [0.1, 0.15) is 12.5 Å². The van der Waals surface area contributed by atoms with Gasteiger partial charge >= 0.3 is 12.3 Å². The minimum absolute atomic E-state index is 0.0525. The molecule has 7 heteroatoms. The molecule has 0 spiro atoms. The van der Waals surface area contributed by atoms with Gasteiger partial charge in [-0.3, -0.25) is 5.32 Å². The number of nitrogens with one attached hydrogen (secondary N) is 1. The predicted molar refractivity (Wildman–Crippen MR) is 58.6 cm³/mol. The topological polar surface area (TPSA) is 47.6 Å². The van der Waals surface area contributed by atoms with Crippen LogP contribution < -0.4 is 10.1 Å². The van der Waals surface area contributed by atoms with Gasteiger partial charge in [-0.15, -0.1) is 0 Å². The van der Waals surface area contributed by atoms with Crippen LogP contribution in [0.25, 0.3) is 0 Å². The average Bonchev–Trinajstić information content (AvgIpc) is 2.28. The number of ether oxygens (including phenoxy) is 2. The van der Waals surface area contributed by atoms with Crippen LogP contribution in [0.2, 0.25) is 0 Å². The summed E-state index contributed by atoms with van der Waals surface area (Å²) in [6.45, 7) is 1.63. The lowest BCUT2D eigenvalue weighted by Gasteiger charge is -2.14. The number of amides is 1. The number of hydrogen-bond acceptors (Lipinski definition) is 3. The van der Waals surface area contributed by atoms with Gasteiger partial charge in [0.1, 0.15) is 5.75 Å². The van der Waals surface area contributed by atoms with Gasteiger partial charge in [0.05, 0.1) is 25.0 Å². The third kappa shape index (κ3) is 3.54. The number of carbonyl (C=O) groups is 1. The number of rotatable bonds is 3. The van der Waals surface area contributed by atoms with Crippen molar-refractivity contribution in [3.8, 4) is 5.75 Å². The molecule has 0 aliphatic rings. The first kappa shape index (κ1) is 14.1. The zero-order chi connectivity index (χ0) is 13.8. The average molecular weight is 263 g/mol. The Labute approximate surface area is 102 Å². The number of anilines is 1. The summed E-state index contributed by atoms with van der Waals surface area (Å²) in [5.74, 6) is 0.0525. The van der Waals surface area contributed by atoms with E-state index in [4.69, 9.17) is 4.74 Å².